The molecule has 0 aliphatic carbocycles. The number of hydrogen-bond donors (Lipinski definition) is 0. The third kappa shape index (κ3) is 3.37. The van der Waals surface area contributed by atoms with Gasteiger partial charge in [-0.25, -0.2) is 9.97 Å². The van der Waals surface area contributed by atoms with Gasteiger partial charge in [-0.05, 0) is 36.1 Å². The van der Waals surface area contributed by atoms with Crippen molar-refractivity contribution >= 4 is 11.8 Å². The van der Waals surface area contributed by atoms with Crippen LogP contribution in [0.15, 0.2) is 72.1 Å². The summed E-state index contributed by atoms with van der Waals surface area (Å²) >= 11 is 1.70. The molecule has 0 aliphatic heterocycles. The molecule has 2 aromatic carbocycles. The minimum Gasteiger partial charge on any atom is -0.231 e. The Kier molecular flexibility index (Phi) is 4.54. The molecule has 0 fully saturated rings. The summed E-state index contributed by atoms with van der Waals surface area (Å²) in [4.78, 5) is 8.90. The Balaban J connectivity index is 2.00. The zero-order chi connectivity index (χ0) is 15.4. The van der Waals surface area contributed by atoms with E-state index in [0.717, 1.165) is 10.7 Å². The highest BCUT2D eigenvalue weighted by molar-refractivity contribution is 7.99. The SMILES string of the molecule is Cc1cnc(SC(c2ccccc2)c2ccccc2C)nc1. The minimum absolute atomic E-state index is 0.199. The first-order valence-electron chi connectivity index (χ1n) is 7.30. The standard InChI is InChI=1S/C19H18N2S/c1-14-12-20-19(21-13-14)22-18(16-9-4-3-5-10-16)17-11-7-6-8-15(17)2/h3-13,18H,1-2H3. The van der Waals surface area contributed by atoms with E-state index in [1.807, 2.05) is 25.4 Å². The van der Waals surface area contributed by atoms with E-state index in [9.17, 15) is 0 Å². The third-order valence-electron chi connectivity index (χ3n) is 3.55. The maximum absolute atomic E-state index is 4.45. The largest absolute Gasteiger partial charge is 0.231 e. The van der Waals surface area contributed by atoms with Crippen LogP contribution in [0, 0.1) is 13.8 Å². The lowest BCUT2D eigenvalue weighted by atomic mass is 10.0. The lowest BCUT2D eigenvalue weighted by Gasteiger charge is -2.18. The molecule has 0 spiro atoms. The molecule has 1 unspecified atom stereocenters. The molecule has 3 heteroatoms. The highest BCUT2D eigenvalue weighted by Crippen LogP contribution is 2.40. The Hall–Kier alpha value is -2.13. The van der Waals surface area contributed by atoms with Crippen molar-refractivity contribution in [3.05, 3.63) is 89.2 Å². The van der Waals surface area contributed by atoms with Gasteiger partial charge in [0.2, 0.25) is 0 Å². The van der Waals surface area contributed by atoms with E-state index < -0.39 is 0 Å². The van der Waals surface area contributed by atoms with Crippen LogP contribution in [0.5, 0.6) is 0 Å². The molecule has 1 aromatic heterocycles. The lowest BCUT2D eigenvalue weighted by molar-refractivity contribution is 0.941. The van der Waals surface area contributed by atoms with Gasteiger partial charge in [-0.15, -0.1) is 0 Å². The number of rotatable bonds is 4. The highest BCUT2D eigenvalue weighted by atomic mass is 32.2. The van der Waals surface area contributed by atoms with Gasteiger partial charge >= 0.3 is 0 Å². The Morgan fingerprint density at radius 1 is 0.818 bits per heavy atom. The summed E-state index contributed by atoms with van der Waals surface area (Å²) in [5.74, 6) is 0. The molecule has 110 valence electrons. The molecular weight excluding hydrogens is 288 g/mol. The summed E-state index contributed by atoms with van der Waals surface area (Å²) in [5, 5.41) is 1.01. The molecule has 3 aromatic rings. The van der Waals surface area contributed by atoms with Gasteiger partial charge in [0.15, 0.2) is 5.16 Å². The van der Waals surface area contributed by atoms with Gasteiger partial charge in [-0.3, -0.25) is 0 Å². The molecule has 0 radical (unpaired) electrons. The second-order valence-electron chi connectivity index (χ2n) is 5.31. The van der Waals surface area contributed by atoms with Crippen LogP contribution in [0.4, 0.5) is 0 Å². The summed E-state index contributed by atoms with van der Waals surface area (Å²) in [6.45, 7) is 4.16. The maximum Gasteiger partial charge on any atom is 0.188 e. The van der Waals surface area contributed by atoms with Gasteiger partial charge in [0.25, 0.3) is 0 Å². The molecule has 0 saturated heterocycles. The molecule has 0 bridgehead atoms. The zero-order valence-electron chi connectivity index (χ0n) is 12.7. The Morgan fingerprint density at radius 2 is 1.45 bits per heavy atom. The number of aromatic nitrogens is 2. The first-order valence-corrected chi connectivity index (χ1v) is 8.18. The van der Waals surface area contributed by atoms with Crippen LogP contribution in [0.2, 0.25) is 0 Å². The normalized spacial score (nSPS) is 12.1. The van der Waals surface area contributed by atoms with E-state index in [2.05, 4.69) is 65.4 Å². The molecule has 1 heterocycles. The first-order chi connectivity index (χ1) is 10.7. The van der Waals surface area contributed by atoms with Crippen LogP contribution < -0.4 is 0 Å². The summed E-state index contributed by atoms with van der Waals surface area (Å²) in [6, 6.07) is 19.1. The predicted molar refractivity (Wildman–Crippen MR) is 92.1 cm³/mol. The van der Waals surface area contributed by atoms with E-state index in [0.29, 0.717) is 0 Å². The summed E-state index contributed by atoms with van der Waals surface area (Å²) in [5.41, 5.74) is 4.95. The molecule has 0 saturated carbocycles. The smallest absolute Gasteiger partial charge is 0.188 e. The number of benzene rings is 2. The Morgan fingerprint density at radius 3 is 2.14 bits per heavy atom. The lowest BCUT2D eigenvalue weighted by Crippen LogP contribution is -2.01. The average Bonchev–Trinajstić information content (AvgIpc) is 2.56. The van der Waals surface area contributed by atoms with Gasteiger partial charge in [0.1, 0.15) is 0 Å². The molecule has 2 nitrogen and oxygen atoms in total. The Labute approximate surface area is 135 Å². The number of thioether (sulfide) groups is 1. The monoisotopic (exact) mass is 306 g/mol. The third-order valence-corrected chi connectivity index (χ3v) is 4.74. The van der Waals surface area contributed by atoms with E-state index in [-0.39, 0.29) is 5.25 Å². The van der Waals surface area contributed by atoms with Crippen molar-refractivity contribution in [3.8, 4) is 0 Å². The number of nitrogens with zero attached hydrogens (tertiary/aromatic N) is 2. The van der Waals surface area contributed by atoms with Gasteiger partial charge in [-0.1, -0.05) is 66.4 Å². The topological polar surface area (TPSA) is 25.8 Å². The van der Waals surface area contributed by atoms with Crippen molar-refractivity contribution in [1.82, 2.24) is 9.97 Å². The molecule has 1 atom stereocenters. The van der Waals surface area contributed by atoms with Gasteiger partial charge in [0, 0.05) is 12.4 Å². The quantitative estimate of drug-likeness (QED) is 0.502. The Bertz CT molecular complexity index is 739. The highest BCUT2D eigenvalue weighted by Gasteiger charge is 2.18. The molecule has 3 rings (SSSR count). The molecule has 0 aliphatic rings. The van der Waals surface area contributed by atoms with Gasteiger partial charge in [0.05, 0.1) is 5.25 Å². The van der Waals surface area contributed by atoms with Crippen LogP contribution in [0.3, 0.4) is 0 Å². The van der Waals surface area contributed by atoms with Crippen molar-refractivity contribution in [2.24, 2.45) is 0 Å². The van der Waals surface area contributed by atoms with Crippen molar-refractivity contribution in [2.75, 3.05) is 0 Å². The second-order valence-corrected chi connectivity index (χ2v) is 6.38. The predicted octanol–water partition coefficient (Wildman–Crippen LogP) is 4.98. The van der Waals surface area contributed by atoms with E-state index in [4.69, 9.17) is 0 Å². The first kappa shape index (κ1) is 14.8. The van der Waals surface area contributed by atoms with Gasteiger partial charge in [-0.2, -0.15) is 0 Å². The van der Waals surface area contributed by atoms with Crippen LogP contribution in [0.25, 0.3) is 0 Å². The van der Waals surface area contributed by atoms with E-state index in [1.165, 1.54) is 16.7 Å². The minimum atomic E-state index is 0.199. The van der Waals surface area contributed by atoms with E-state index in [1.54, 1.807) is 11.8 Å². The van der Waals surface area contributed by atoms with Crippen molar-refractivity contribution < 1.29 is 0 Å². The fourth-order valence-electron chi connectivity index (χ4n) is 2.37. The second kappa shape index (κ2) is 6.75. The van der Waals surface area contributed by atoms with Crippen LogP contribution in [-0.2, 0) is 0 Å². The average molecular weight is 306 g/mol. The molecule has 0 N–H and O–H groups in total. The van der Waals surface area contributed by atoms with Crippen molar-refractivity contribution in [3.63, 3.8) is 0 Å². The fraction of sp³-hybridized carbons (Fsp3) is 0.158. The van der Waals surface area contributed by atoms with Gasteiger partial charge < -0.3 is 0 Å². The maximum atomic E-state index is 4.45. The van der Waals surface area contributed by atoms with Crippen LogP contribution in [0.1, 0.15) is 27.5 Å². The summed E-state index contributed by atoms with van der Waals surface area (Å²) in [7, 11) is 0. The molecule has 22 heavy (non-hydrogen) atoms. The van der Waals surface area contributed by atoms with Crippen molar-refractivity contribution in [1.29, 1.82) is 0 Å². The zero-order valence-corrected chi connectivity index (χ0v) is 13.5. The fourth-order valence-corrected chi connectivity index (χ4v) is 3.49. The van der Waals surface area contributed by atoms with Crippen LogP contribution >= 0.6 is 11.8 Å². The molecule has 0 amide bonds. The summed E-state index contributed by atoms with van der Waals surface area (Å²) < 4.78 is 0. The number of hydrogen-bond acceptors (Lipinski definition) is 3. The summed E-state index contributed by atoms with van der Waals surface area (Å²) in [6.07, 6.45) is 3.74. The van der Waals surface area contributed by atoms with Crippen LogP contribution in [-0.4, -0.2) is 9.97 Å². The van der Waals surface area contributed by atoms with Crippen molar-refractivity contribution in [2.45, 2.75) is 24.3 Å². The number of aryl methyl sites for hydroxylation is 2. The molecular formula is C19H18N2S. The van der Waals surface area contributed by atoms with E-state index >= 15 is 0 Å².